The number of nitrogens with one attached hydrogen (secondary N) is 1. The van der Waals surface area contributed by atoms with E-state index in [-0.39, 0.29) is 5.97 Å². The SMILES string of the molecule is CCOC(=O)c1cnc2c(c1)CCNCC2. The molecule has 0 amide bonds. The Morgan fingerprint density at radius 3 is 3.12 bits per heavy atom. The molecule has 1 aliphatic rings. The second kappa shape index (κ2) is 5.07. The van der Waals surface area contributed by atoms with Gasteiger partial charge in [-0.3, -0.25) is 4.98 Å². The fourth-order valence-electron chi connectivity index (χ4n) is 1.86. The predicted octanol–water partition coefficient (Wildman–Crippen LogP) is 0.946. The third kappa shape index (κ3) is 2.39. The first kappa shape index (κ1) is 11.1. The lowest BCUT2D eigenvalue weighted by Gasteiger charge is -2.06. The van der Waals surface area contributed by atoms with Gasteiger partial charge in [0.2, 0.25) is 0 Å². The van der Waals surface area contributed by atoms with E-state index in [1.54, 1.807) is 13.1 Å². The Morgan fingerprint density at radius 1 is 1.50 bits per heavy atom. The molecular formula is C12H16N2O2. The summed E-state index contributed by atoms with van der Waals surface area (Å²) in [5.74, 6) is -0.282. The fourth-order valence-corrected chi connectivity index (χ4v) is 1.86. The highest BCUT2D eigenvalue weighted by molar-refractivity contribution is 5.89. The van der Waals surface area contributed by atoms with Crippen LogP contribution >= 0.6 is 0 Å². The predicted molar refractivity (Wildman–Crippen MR) is 60.5 cm³/mol. The van der Waals surface area contributed by atoms with Crippen molar-refractivity contribution < 1.29 is 9.53 Å². The lowest BCUT2D eigenvalue weighted by Crippen LogP contribution is -2.16. The van der Waals surface area contributed by atoms with Crippen molar-refractivity contribution in [2.24, 2.45) is 0 Å². The van der Waals surface area contributed by atoms with E-state index in [0.717, 1.165) is 37.2 Å². The van der Waals surface area contributed by atoms with E-state index < -0.39 is 0 Å². The van der Waals surface area contributed by atoms with Crippen LogP contribution in [0.4, 0.5) is 0 Å². The molecule has 0 saturated heterocycles. The fraction of sp³-hybridized carbons (Fsp3) is 0.500. The average Bonchev–Trinajstić information content (AvgIpc) is 2.53. The highest BCUT2D eigenvalue weighted by atomic mass is 16.5. The lowest BCUT2D eigenvalue weighted by atomic mass is 10.1. The summed E-state index contributed by atoms with van der Waals surface area (Å²) < 4.78 is 4.96. The maximum Gasteiger partial charge on any atom is 0.339 e. The number of esters is 1. The van der Waals surface area contributed by atoms with Crippen molar-refractivity contribution in [3.63, 3.8) is 0 Å². The lowest BCUT2D eigenvalue weighted by molar-refractivity contribution is 0.0525. The van der Waals surface area contributed by atoms with Crippen LogP contribution < -0.4 is 5.32 Å². The standard InChI is InChI=1S/C12H16N2O2/c1-2-16-12(15)10-7-9-3-5-13-6-4-11(9)14-8-10/h7-8,13H,2-6H2,1H3. The maximum atomic E-state index is 11.5. The minimum absolute atomic E-state index is 0.282. The second-order valence-electron chi connectivity index (χ2n) is 3.80. The van der Waals surface area contributed by atoms with Gasteiger partial charge in [-0.05, 0) is 31.5 Å². The van der Waals surface area contributed by atoms with Gasteiger partial charge in [-0.25, -0.2) is 4.79 Å². The molecule has 4 heteroatoms. The van der Waals surface area contributed by atoms with Gasteiger partial charge in [0.05, 0.1) is 12.2 Å². The molecule has 0 aromatic carbocycles. The summed E-state index contributed by atoms with van der Waals surface area (Å²) in [7, 11) is 0. The summed E-state index contributed by atoms with van der Waals surface area (Å²) in [6.07, 6.45) is 3.47. The molecule has 0 spiro atoms. The molecule has 86 valence electrons. The van der Waals surface area contributed by atoms with E-state index in [9.17, 15) is 4.79 Å². The van der Waals surface area contributed by atoms with Crippen LogP contribution in [0.25, 0.3) is 0 Å². The first-order valence-electron chi connectivity index (χ1n) is 5.67. The van der Waals surface area contributed by atoms with Crippen molar-refractivity contribution in [2.45, 2.75) is 19.8 Å². The molecule has 4 nitrogen and oxygen atoms in total. The van der Waals surface area contributed by atoms with Crippen LogP contribution in [-0.4, -0.2) is 30.6 Å². The highest BCUT2D eigenvalue weighted by Gasteiger charge is 2.13. The quantitative estimate of drug-likeness (QED) is 0.754. The van der Waals surface area contributed by atoms with Gasteiger partial charge in [-0.2, -0.15) is 0 Å². The zero-order chi connectivity index (χ0) is 11.4. The van der Waals surface area contributed by atoms with E-state index >= 15 is 0 Å². The van der Waals surface area contributed by atoms with Crippen LogP contribution in [0.3, 0.4) is 0 Å². The molecular weight excluding hydrogens is 204 g/mol. The van der Waals surface area contributed by atoms with Crippen LogP contribution in [0.1, 0.15) is 28.5 Å². The number of hydrogen-bond donors (Lipinski definition) is 1. The zero-order valence-corrected chi connectivity index (χ0v) is 9.45. The molecule has 0 atom stereocenters. The molecule has 0 aliphatic carbocycles. The smallest absolute Gasteiger partial charge is 0.339 e. The van der Waals surface area contributed by atoms with Crippen molar-refractivity contribution in [1.29, 1.82) is 0 Å². The van der Waals surface area contributed by atoms with Gasteiger partial charge in [-0.1, -0.05) is 0 Å². The van der Waals surface area contributed by atoms with E-state index in [0.29, 0.717) is 12.2 Å². The molecule has 1 aliphatic heterocycles. The summed E-state index contributed by atoms with van der Waals surface area (Å²) in [5.41, 5.74) is 2.82. The molecule has 1 N–H and O–H groups in total. The van der Waals surface area contributed by atoms with Crippen molar-refractivity contribution >= 4 is 5.97 Å². The number of carbonyl (C=O) groups excluding carboxylic acids is 1. The second-order valence-corrected chi connectivity index (χ2v) is 3.80. The van der Waals surface area contributed by atoms with Crippen LogP contribution in [0, 0.1) is 0 Å². The molecule has 2 heterocycles. The number of ether oxygens (including phenoxy) is 1. The Kier molecular flexibility index (Phi) is 3.51. The van der Waals surface area contributed by atoms with E-state index in [1.807, 2.05) is 6.07 Å². The number of fused-ring (bicyclic) bond motifs is 1. The van der Waals surface area contributed by atoms with Gasteiger partial charge in [0.15, 0.2) is 0 Å². The molecule has 0 fully saturated rings. The van der Waals surface area contributed by atoms with E-state index in [1.165, 1.54) is 0 Å². The van der Waals surface area contributed by atoms with Crippen LogP contribution in [0.5, 0.6) is 0 Å². The van der Waals surface area contributed by atoms with Crippen LogP contribution in [-0.2, 0) is 17.6 Å². The van der Waals surface area contributed by atoms with Gasteiger partial charge in [0.25, 0.3) is 0 Å². The normalized spacial score (nSPS) is 15.1. The minimum Gasteiger partial charge on any atom is -0.462 e. The summed E-state index contributed by atoms with van der Waals surface area (Å²) in [6, 6.07) is 1.91. The van der Waals surface area contributed by atoms with Gasteiger partial charge >= 0.3 is 5.97 Å². The first-order chi connectivity index (χ1) is 7.81. The Labute approximate surface area is 95.0 Å². The van der Waals surface area contributed by atoms with E-state index in [4.69, 9.17) is 4.74 Å². The Hall–Kier alpha value is -1.42. The van der Waals surface area contributed by atoms with Crippen molar-refractivity contribution in [3.8, 4) is 0 Å². The van der Waals surface area contributed by atoms with E-state index in [2.05, 4.69) is 10.3 Å². The number of rotatable bonds is 2. The van der Waals surface area contributed by atoms with Crippen molar-refractivity contribution in [1.82, 2.24) is 10.3 Å². The topological polar surface area (TPSA) is 51.2 Å². The zero-order valence-electron chi connectivity index (χ0n) is 9.45. The first-order valence-corrected chi connectivity index (χ1v) is 5.67. The molecule has 0 unspecified atom stereocenters. The molecule has 0 bridgehead atoms. The molecule has 1 aromatic heterocycles. The molecule has 2 rings (SSSR count). The van der Waals surface area contributed by atoms with Crippen molar-refractivity contribution in [2.75, 3.05) is 19.7 Å². The van der Waals surface area contributed by atoms with Crippen LogP contribution in [0.2, 0.25) is 0 Å². The number of pyridine rings is 1. The summed E-state index contributed by atoms with van der Waals surface area (Å²) in [5, 5.41) is 3.31. The third-order valence-corrected chi connectivity index (χ3v) is 2.68. The summed E-state index contributed by atoms with van der Waals surface area (Å²) >= 11 is 0. The van der Waals surface area contributed by atoms with Crippen molar-refractivity contribution in [3.05, 3.63) is 29.1 Å². The number of aromatic nitrogens is 1. The Morgan fingerprint density at radius 2 is 2.31 bits per heavy atom. The number of carbonyl (C=O) groups is 1. The van der Waals surface area contributed by atoms with Crippen LogP contribution in [0.15, 0.2) is 12.3 Å². The van der Waals surface area contributed by atoms with Gasteiger partial charge < -0.3 is 10.1 Å². The molecule has 1 aromatic rings. The van der Waals surface area contributed by atoms with Gasteiger partial charge in [-0.15, -0.1) is 0 Å². The Balaban J connectivity index is 2.23. The minimum atomic E-state index is -0.282. The molecule has 16 heavy (non-hydrogen) atoms. The molecule has 0 saturated carbocycles. The summed E-state index contributed by atoms with van der Waals surface area (Å²) in [4.78, 5) is 15.9. The number of hydrogen-bond acceptors (Lipinski definition) is 4. The van der Waals surface area contributed by atoms with Gasteiger partial charge in [0.1, 0.15) is 0 Å². The monoisotopic (exact) mass is 220 g/mol. The maximum absolute atomic E-state index is 11.5. The third-order valence-electron chi connectivity index (χ3n) is 2.68. The number of nitrogens with zero attached hydrogens (tertiary/aromatic N) is 1. The average molecular weight is 220 g/mol. The summed E-state index contributed by atoms with van der Waals surface area (Å²) in [6.45, 7) is 4.11. The Bertz CT molecular complexity index is 391. The highest BCUT2D eigenvalue weighted by Crippen LogP contribution is 2.13. The largest absolute Gasteiger partial charge is 0.462 e. The van der Waals surface area contributed by atoms with Gasteiger partial charge in [0, 0.05) is 24.9 Å². The molecule has 0 radical (unpaired) electrons.